The van der Waals surface area contributed by atoms with Crippen molar-refractivity contribution in [2.45, 2.75) is 70.2 Å². The standard InChI is InChI=1S/C22H33NO5/c1-15-8-11-17(28-15)12-9-16(24)10-13-19-18(20(25)14-21(19)26)6-4-2-3-5-7-22(23)27/h2,4,8,10-11,13,16,18-21,24-26H,3,5-7,9,12,14H2,1H3,(H2,23,27)/t16-,18-,19-,20+,21+/m1/s1. The number of aliphatic hydroxyl groups excluding tert-OH is 3. The molecule has 2 rings (SSSR count). The molecule has 0 unspecified atom stereocenters. The van der Waals surface area contributed by atoms with Gasteiger partial charge in [-0.1, -0.05) is 24.3 Å². The molecule has 1 saturated carbocycles. The first-order valence-electron chi connectivity index (χ1n) is 10.1. The van der Waals surface area contributed by atoms with Crippen LogP contribution >= 0.6 is 0 Å². The number of carbonyl (C=O) groups is 1. The predicted molar refractivity (Wildman–Crippen MR) is 107 cm³/mol. The molecule has 0 bridgehead atoms. The van der Waals surface area contributed by atoms with Gasteiger partial charge in [-0.2, -0.15) is 0 Å². The first kappa shape index (κ1) is 22.4. The SMILES string of the molecule is Cc1ccc(CC[C@@H](O)C=C[C@@H]2[C@@H](CC=CCCCC(N)=O)[C@@H](O)C[C@@H]2O)o1. The molecular weight excluding hydrogens is 358 g/mol. The number of rotatable bonds is 11. The molecular formula is C22H33NO5. The van der Waals surface area contributed by atoms with Gasteiger partial charge < -0.3 is 25.5 Å². The zero-order valence-electron chi connectivity index (χ0n) is 16.5. The van der Waals surface area contributed by atoms with Crippen LogP contribution < -0.4 is 5.73 Å². The summed E-state index contributed by atoms with van der Waals surface area (Å²) in [6.45, 7) is 1.89. The first-order chi connectivity index (χ1) is 13.4. The summed E-state index contributed by atoms with van der Waals surface area (Å²) in [6, 6.07) is 3.81. The quantitative estimate of drug-likeness (QED) is 0.341. The van der Waals surface area contributed by atoms with Crippen molar-refractivity contribution in [1.29, 1.82) is 0 Å². The van der Waals surface area contributed by atoms with E-state index in [4.69, 9.17) is 10.2 Å². The van der Waals surface area contributed by atoms with E-state index in [2.05, 4.69) is 0 Å². The lowest BCUT2D eigenvalue weighted by molar-refractivity contribution is -0.118. The maximum atomic E-state index is 10.7. The molecule has 0 spiro atoms. The zero-order valence-corrected chi connectivity index (χ0v) is 16.5. The van der Waals surface area contributed by atoms with Crippen LogP contribution in [-0.2, 0) is 11.2 Å². The second-order valence-electron chi connectivity index (χ2n) is 7.68. The minimum atomic E-state index is -0.625. The molecule has 1 aromatic rings. The van der Waals surface area contributed by atoms with Crippen molar-refractivity contribution < 1.29 is 24.5 Å². The highest BCUT2D eigenvalue weighted by atomic mass is 16.3. The van der Waals surface area contributed by atoms with E-state index < -0.39 is 18.3 Å². The normalized spacial score (nSPS) is 26.4. The highest BCUT2D eigenvalue weighted by Gasteiger charge is 2.39. The summed E-state index contributed by atoms with van der Waals surface area (Å²) in [5, 5.41) is 30.7. The van der Waals surface area contributed by atoms with Gasteiger partial charge in [-0.25, -0.2) is 0 Å². The van der Waals surface area contributed by atoms with Crippen molar-refractivity contribution >= 4 is 5.91 Å². The van der Waals surface area contributed by atoms with Crippen LogP contribution in [0, 0.1) is 18.8 Å². The van der Waals surface area contributed by atoms with Gasteiger partial charge >= 0.3 is 0 Å². The number of hydrogen-bond donors (Lipinski definition) is 4. The first-order valence-corrected chi connectivity index (χ1v) is 10.1. The Morgan fingerprint density at radius 2 is 2.11 bits per heavy atom. The van der Waals surface area contributed by atoms with Gasteiger partial charge in [0.15, 0.2) is 0 Å². The summed E-state index contributed by atoms with van der Waals surface area (Å²) in [5.74, 6) is 1.13. The Kier molecular flexibility index (Phi) is 8.96. The van der Waals surface area contributed by atoms with Gasteiger partial charge in [-0.3, -0.25) is 4.79 Å². The Labute approximate surface area is 166 Å². The van der Waals surface area contributed by atoms with Gasteiger partial charge in [0.1, 0.15) is 11.5 Å². The van der Waals surface area contributed by atoms with Crippen LogP contribution in [0.1, 0.15) is 50.0 Å². The molecule has 5 N–H and O–H groups in total. The number of hydrogen-bond acceptors (Lipinski definition) is 5. The number of primary amides is 1. The van der Waals surface area contributed by atoms with Gasteiger partial charge in [0.2, 0.25) is 5.91 Å². The lowest BCUT2D eigenvalue weighted by atomic mass is 9.89. The number of carbonyl (C=O) groups excluding carboxylic acids is 1. The number of amides is 1. The molecule has 156 valence electrons. The second kappa shape index (κ2) is 11.2. The van der Waals surface area contributed by atoms with E-state index in [0.29, 0.717) is 38.5 Å². The fourth-order valence-corrected chi connectivity index (χ4v) is 3.73. The molecule has 28 heavy (non-hydrogen) atoms. The van der Waals surface area contributed by atoms with Crippen molar-refractivity contribution in [3.8, 4) is 0 Å². The average molecular weight is 392 g/mol. The Balaban J connectivity index is 1.81. The molecule has 6 heteroatoms. The Morgan fingerprint density at radius 3 is 2.79 bits per heavy atom. The van der Waals surface area contributed by atoms with Crippen molar-refractivity contribution in [1.82, 2.24) is 0 Å². The summed E-state index contributed by atoms with van der Waals surface area (Å²) in [6.07, 6.45) is 9.75. The van der Waals surface area contributed by atoms with Crippen molar-refractivity contribution in [3.63, 3.8) is 0 Å². The van der Waals surface area contributed by atoms with Gasteiger partial charge in [-0.05, 0) is 50.7 Å². The van der Waals surface area contributed by atoms with Crippen LogP contribution in [-0.4, -0.2) is 39.5 Å². The molecule has 0 radical (unpaired) electrons. The Morgan fingerprint density at radius 1 is 1.32 bits per heavy atom. The topological polar surface area (TPSA) is 117 Å². The number of furan rings is 1. The van der Waals surface area contributed by atoms with Crippen LogP contribution in [0.4, 0.5) is 0 Å². The molecule has 1 heterocycles. The molecule has 1 fully saturated rings. The van der Waals surface area contributed by atoms with Crippen LogP contribution in [0.2, 0.25) is 0 Å². The van der Waals surface area contributed by atoms with E-state index in [0.717, 1.165) is 17.9 Å². The van der Waals surface area contributed by atoms with E-state index in [1.165, 1.54) is 0 Å². The fraction of sp³-hybridized carbons (Fsp3) is 0.591. The summed E-state index contributed by atoms with van der Waals surface area (Å²) in [7, 11) is 0. The largest absolute Gasteiger partial charge is 0.466 e. The molecule has 1 amide bonds. The highest BCUT2D eigenvalue weighted by molar-refractivity contribution is 5.73. The van der Waals surface area contributed by atoms with Crippen LogP contribution in [0.15, 0.2) is 40.9 Å². The van der Waals surface area contributed by atoms with Gasteiger partial charge in [0.25, 0.3) is 0 Å². The minimum Gasteiger partial charge on any atom is -0.466 e. The molecule has 1 aromatic heterocycles. The van der Waals surface area contributed by atoms with Crippen molar-refractivity contribution in [2.75, 3.05) is 0 Å². The van der Waals surface area contributed by atoms with E-state index >= 15 is 0 Å². The third kappa shape index (κ3) is 7.26. The summed E-state index contributed by atoms with van der Waals surface area (Å²) < 4.78 is 5.50. The lowest BCUT2D eigenvalue weighted by Gasteiger charge is -2.19. The van der Waals surface area contributed by atoms with Gasteiger partial charge in [0, 0.05) is 25.2 Å². The third-order valence-corrected chi connectivity index (χ3v) is 5.32. The summed E-state index contributed by atoms with van der Waals surface area (Å²) in [5.41, 5.74) is 5.11. The number of aliphatic hydroxyl groups is 3. The Hall–Kier alpha value is -1.89. The number of nitrogens with two attached hydrogens (primary N) is 1. The van der Waals surface area contributed by atoms with E-state index in [-0.39, 0.29) is 17.7 Å². The molecule has 1 aliphatic carbocycles. The Bertz CT molecular complexity index is 666. The fourth-order valence-electron chi connectivity index (χ4n) is 3.73. The molecule has 0 saturated heterocycles. The number of unbranched alkanes of at least 4 members (excludes halogenated alkanes) is 1. The minimum absolute atomic E-state index is 0.0847. The number of aryl methyl sites for hydroxylation is 2. The van der Waals surface area contributed by atoms with Crippen LogP contribution in [0.5, 0.6) is 0 Å². The van der Waals surface area contributed by atoms with Crippen LogP contribution in [0.25, 0.3) is 0 Å². The maximum absolute atomic E-state index is 10.7. The van der Waals surface area contributed by atoms with Gasteiger partial charge in [0.05, 0.1) is 18.3 Å². The second-order valence-corrected chi connectivity index (χ2v) is 7.68. The highest BCUT2D eigenvalue weighted by Crippen LogP contribution is 2.36. The zero-order chi connectivity index (χ0) is 20.5. The van der Waals surface area contributed by atoms with Gasteiger partial charge in [-0.15, -0.1) is 0 Å². The van der Waals surface area contributed by atoms with E-state index in [1.807, 2.05) is 37.3 Å². The van der Waals surface area contributed by atoms with Crippen molar-refractivity contribution in [2.24, 2.45) is 17.6 Å². The number of allylic oxidation sites excluding steroid dienone is 2. The molecule has 0 aromatic carbocycles. The summed E-state index contributed by atoms with van der Waals surface area (Å²) in [4.78, 5) is 10.7. The monoisotopic (exact) mass is 391 g/mol. The molecule has 1 aliphatic rings. The third-order valence-electron chi connectivity index (χ3n) is 5.32. The maximum Gasteiger partial charge on any atom is 0.217 e. The lowest BCUT2D eigenvalue weighted by Crippen LogP contribution is -2.20. The predicted octanol–water partition coefficient (Wildman–Crippen LogP) is 2.40. The average Bonchev–Trinajstić information content (AvgIpc) is 3.16. The van der Waals surface area contributed by atoms with Crippen molar-refractivity contribution in [3.05, 3.63) is 48.0 Å². The molecule has 0 aliphatic heterocycles. The van der Waals surface area contributed by atoms with Crippen LogP contribution in [0.3, 0.4) is 0 Å². The molecule has 6 nitrogen and oxygen atoms in total. The smallest absolute Gasteiger partial charge is 0.217 e. The molecule has 5 atom stereocenters. The summed E-state index contributed by atoms with van der Waals surface area (Å²) >= 11 is 0. The van der Waals surface area contributed by atoms with E-state index in [1.54, 1.807) is 6.08 Å². The van der Waals surface area contributed by atoms with E-state index in [9.17, 15) is 20.1 Å².